The monoisotopic (exact) mass is 442 g/mol. The van der Waals surface area contributed by atoms with Crippen LogP contribution in [0.15, 0.2) is 29.4 Å². The van der Waals surface area contributed by atoms with Crippen molar-refractivity contribution < 1.29 is 9.18 Å². The number of aromatic nitrogens is 3. The normalized spacial score (nSPS) is 29.0. The van der Waals surface area contributed by atoms with E-state index in [1.54, 1.807) is 18.2 Å². The van der Waals surface area contributed by atoms with Crippen LogP contribution < -0.4 is 5.32 Å². The number of hydrogen-bond acceptors (Lipinski definition) is 4. The standard InChI is InChI=1S/C24H31FN4OS/c1-15(2)13-29-22(19-5-3-4-6-20(19)25)27-28-23(29)31-14-21(30)26-24-10-16-7-17(11-24)9-18(8-16)12-24/h3-6,15-18H,7-14H2,1-2H3,(H,26,30). The van der Waals surface area contributed by atoms with Gasteiger partial charge in [0.05, 0.1) is 11.3 Å². The van der Waals surface area contributed by atoms with Crippen molar-refractivity contribution in [2.45, 2.75) is 69.6 Å². The molecule has 6 rings (SSSR count). The van der Waals surface area contributed by atoms with Crippen LogP contribution >= 0.6 is 11.8 Å². The molecule has 4 aliphatic rings. The third kappa shape index (κ3) is 4.26. The second-order valence-corrected chi connectivity index (χ2v) is 11.3. The molecule has 0 spiro atoms. The summed E-state index contributed by atoms with van der Waals surface area (Å²) < 4.78 is 16.3. The molecule has 1 aromatic carbocycles. The Labute approximate surface area is 187 Å². The Kier molecular flexibility index (Phi) is 5.57. The van der Waals surface area contributed by atoms with Crippen LogP contribution in [0, 0.1) is 29.5 Å². The summed E-state index contributed by atoms with van der Waals surface area (Å²) in [6.45, 7) is 4.90. The van der Waals surface area contributed by atoms with Gasteiger partial charge >= 0.3 is 0 Å². The van der Waals surface area contributed by atoms with Crippen molar-refractivity contribution in [2.75, 3.05) is 5.75 Å². The Morgan fingerprint density at radius 3 is 2.42 bits per heavy atom. The van der Waals surface area contributed by atoms with Crippen LogP contribution in [0.3, 0.4) is 0 Å². The number of thioether (sulfide) groups is 1. The number of amides is 1. The van der Waals surface area contributed by atoms with Gasteiger partial charge in [0, 0.05) is 12.1 Å². The Bertz CT molecular complexity index is 937. The lowest BCUT2D eigenvalue weighted by Gasteiger charge is -2.56. The Hall–Kier alpha value is -1.89. The average molecular weight is 443 g/mol. The van der Waals surface area contributed by atoms with E-state index in [-0.39, 0.29) is 17.3 Å². The van der Waals surface area contributed by atoms with E-state index in [1.807, 2.05) is 4.57 Å². The molecule has 1 N–H and O–H groups in total. The second kappa shape index (κ2) is 8.23. The molecule has 4 fully saturated rings. The smallest absolute Gasteiger partial charge is 0.230 e. The van der Waals surface area contributed by atoms with Gasteiger partial charge in [0.2, 0.25) is 5.91 Å². The maximum atomic E-state index is 14.4. The molecule has 1 heterocycles. The van der Waals surface area contributed by atoms with Gasteiger partial charge in [-0.15, -0.1) is 10.2 Å². The van der Waals surface area contributed by atoms with Gasteiger partial charge < -0.3 is 9.88 Å². The van der Waals surface area contributed by atoms with Gasteiger partial charge in [-0.2, -0.15) is 0 Å². The minimum Gasteiger partial charge on any atom is -0.350 e. The molecule has 2 aromatic rings. The van der Waals surface area contributed by atoms with Crippen LogP contribution in [-0.4, -0.2) is 32.0 Å². The number of carbonyl (C=O) groups excluding carboxylic acids is 1. The average Bonchev–Trinajstić information content (AvgIpc) is 3.07. The molecule has 4 saturated carbocycles. The van der Waals surface area contributed by atoms with E-state index in [9.17, 15) is 9.18 Å². The first-order valence-corrected chi connectivity index (χ1v) is 12.5. The molecule has 5 nitrogen and oxygen atoms in total. The number of nitrogens with one attached hydrogen (secondary N) is 1. The number of hydrogen-bond donors (Lipinski definition) is 1. The summed E-state index contributed by atoms with van der Waals surface area (Å²) in [4.78, 5) is 12.9. The Morgan fingerprint density at radius 2 is 1.81 bits per heavy atom. The molecule has 0 radical (unpaired) electrons. The van der Waals surface area contributed by atoms with E-state index < -0.39 is 0 Å². The van der Waals surface area contributed by atoms with Gasteiger partial charge in [-0.05, 0) is 74.3 Å². The van der Waals surface area contributed by atoms with Gasteiger partial charge in [0.15, 0.2) is 11.0 Å². The van der Waals surface area contributed by atoms with Crippen molar-refractivity contribution in [3.8, 4) is 11.4 Å². The molecule has 0 aliphatic heterocycles. The van der Waals surface area contributed by atoms with Gasteiger partial charge in [0.1, 0.15) is 5.82 Å². The molecular formula is C24H31FN4OS. The first-order chi connectivity index (χ1) is 14.9. The van der Waals surface area contributed by atoms with E-state index in [2.05, 4.69) is 29.4 Å². The van der Waals surface area contributed by atoms with Crippen molar-refractivity contribution in [1.82, 2.24) is 20.1 Å². The SMILES string of the molecule is CC(C)Cn1c(SCC(=O)NC23CC4CC(CC(C4)C2)C3)nnc1-c1ccccc1F. The summed E-state index contributed by atoms with van der Waals surface area (Å²) in [6.07, 6.45) is 7.53. The number of carbonyl (C=O) groups is 1. The molecule has 0 saturated heterocycles. The van der Waals surface area contributed by atoms with Gasteiger partial charge in [0.25, 0.3) is 0 Å². The number of rotatable bonds is 7. The van der Waals surface area contributed by atoms with Gasteiger partial charge in [-0.25, -0.2) is 4.39 Å². The molecule has 1 amide bonds. The summed E-state index contributed by atoms with van der Waals surface area (Å²) in [6, 6.07) is 6.64. The molecule has 31 heavy (non-hydrogen) atoms. The predicted octanol–water partition coefficient (Wildman–Crippen LogP) is 4.92. The fraction of sp³-hybridized carbons (Fsp3) is 0.625. The van der Waals surface area contributed by atoms with Gasteiger partial charge in [-0.3, -0.25) is 4.79 Å². The van der Waals surface area contributed by atoms with Crippen molar-refractivity contribution in [3.05, 3.63) is 30.1 Å². The highest BCUT2D eigenvalue weighted by atomic mass is 32.2. The summed E-state index contributed by atoms with van der Waals surface area (Å²) >= 11 is 1.40. The van der Waals surface area contributed by atoms with E-state index in [4.69, 9.17) is 0 Å². The molecule has 4 aliphatic carbocycles. The van der Waals surface area contributed by atoms with E-state index in [0.717, 1.165) is 37.0 Å². The van der Waals surface area contributed by atoms with Crippen LogP contribution in [0.4, 0.5) is 4.39 Å². The summed E-state index contributed by atoms with van der Waals surface area (Å²) in [7, 11) is 0. The lowest BCUT2D eigenvalue weighted by atomic mass is 9.53. The minimum absolute atomic E-state index is 0.0241. The molecule has 4 bridgehead atoms. The number of nitrogens with zero attached hydrogens (tertiary/aromatic N) is 3. The Balaban J connectivity index is 1.29. The lowest BCUT2D eigenvalue weighted by Crippen LogP contribution is -2.60. The van der Waals surface area contributed by atoms with Crippen LogP contribution in [0.5, 0.6) is 0 Å². The fourth-order valence-corrected chi connectivity index (χ4v) is 7.24. The Morgan fingerprint density at radius 1 is 1.16 bits per heavy atom. The number of halogens is 1. The highest BCUT2D eigenvalue weighted by Crippen LogP contribution is 2.55. The fourth-order valence-electron chi connectivity index (χ4n) is 6.49. The van der Waals surface area contributed by atoms with Crippen LogP contribution in [0.1, 0.15) is 52.4 Å². The van der Waals surface area contributed by atoms with Crippen molar-refractivity contribution in [2.24, 2.45) is 23.7 Å². The lowest BCUT2D eigenvalue weighted by molar-refractivity contribution is -0.124. The van der Waals surface area contributed by atoms with Crippen molar-refractivity contribution >= 4 is 17.7 Å². The second-order valence-electron chi connectivity index (χ2n) is 10.3. The zero-order valence-corrected chi connectivity index (χ0v) is 19.1. The summed E-state index contributed by atoms with van der Waals surface area (Å²) in [5.41, 5.74) is 0.469. The third-order valence-corrected chi connectivity index (χ3v) is 8.12. The molecular weight excluding hydrogens is 411 g/mol. The number of benzene rings is 1. The minimum atomic E-state index is -0.309. The molecule has 7 heteroatoms. The van der Waals surface area contributed by atoms with E-state index >= 15 is 0 Å². The topological polar surface area (TPSA) is 59.8 Å². The van der Waals surface area contributed by atoms with Crippen LogP contribution in [-0.2, 0) is 11.3 Å². The predicted molar refractivity (Wildman–Crippen MR) is 120 cm³/mol. The first-order valence-electron chi connectivity index (χ1n) is 11.5. The molecule has 0 unspecified atom stereocenters. The van der Waals surface area contributed by atoms with Crippen molar-refractivity contribution in [1.29, 1.82) is 0 Å². The molecule has 0 atom stereocenters. The highest BCUT2D eigenvalue weighted by Gasteiger charge is 2.51. The molecule has 1 aromatic heterocycles. The first kappa shape index (κ1) is 21.0. The quantitative estimate of drug-likeness (QED) is 0.619. The van der Waals surface area contributed by atoms with E-state index in [1.165, 1.54) is 37.1 Å². The van der Waals surface area contributed by atoms with Gasteiger partial charge in [-0.1, -0.05) is 37.7 Å². The van der Waals surface area contributed by atoms with Crippen LogP contribution in [0.25, 0.3) is 11.4 Å². The zero-order chi connectivity index (χ0) is 21.6. The maximum Gasteiger partial charge on any atom is 0.230 e. The zero-order valence-electron chi connectivity index (χ0n) is 18.3. The maximum absolute atomic E-state index is 14.4. The van der Waals surface area contributed by atoms with Crippen molar-refractivity contribution in [3.63, 3.8) is 0 Å². The third-order valence-electron chi connectivity index (χ3n) is 7.15. The largest absolute Gasteiger partial charge is 0.350 e. The summed E-state index contributed by atoms with van der Waals surface area (Å²) in [5.74, 6) is 3.37. The van der Waals surface area contributed by atoms with E-state index in [0.29, 0.717) is 34.8 Å². The summed E-state index contributed by atoms with van der Waals surface area (Å²) in [5, 5.41) is 12.7. The van der Waals surface area contributed by atoms with Crippen LogP contribution in [0.2, 0.25) is 0 Å². The highest BCUT2D eigenvalue weighted by molar-refractivity contribution is 7.99. The molecule has 166 valence electrons.